The fourth-order valence-corrected chi connectivity index (χ4v) is 2.92. The van der Waals surface area contributed by atoms with Crippen molar-refractivity contribution in [1.29, 1.82) is 0 Å². The molecule has 0 fully saturated rings. The van der Waals surface area contributed by atoms with Crippen LogP contribution in [0.15, 0.2) is 18.2 Å². The molecular weight excluding hydrogens is 291 g/mol. The Labute approximate surface area is 131 Å². The molecule has 0 aliphatic heterocycles. The first-order valence-corrected chi connectivity index (χ1v) is 8.38. The fourth-order valence-electron chi connectivity index (χ4n) is 2.55. The number of benzene rings is 1. The van der Waals surface area contributed by atoms with E-state index in [1.165, 1.54) is 38.5 Å². The van der Waals surface area contributed by atoms with Gasteiger partial charge in [0.2, 0.25) is 0 Å². The van der Waals surface area contributed by atoms with Crippen LogP contribution in [-0.4, -0.2) is 9.55 Å². The zero-order valence-electron chi connectivity index (χ0n) is 12.0. The average molecular weight is 313 g/mol. The summed E-state index contributed by atoms with van der Waals surface area (Å²) >= 11 is 12.0. The van der Waals surface area contributed by atoms with Gasteiger partial charge in [-0.1, -0.05) is 50.6 Å². The van der Waals surface area contributed by atoms with Crippen molar-refractivity contribution < 1.29 is 0 Å². The van der Waals surface area contributed by atoms with Gasteiger partial charge in [-0.25, -0.2) is 4.98 Å². The molecular formula is C16H22Cl2N2. The van der Waals surface area contributed by atoms with Gasteiger partial charge in [-0.05, 0) is 24.6 Å². The molecule has 0 N–H and O–H groups in total. The highest BCUT2D eigenvalue weighted by Crippen LogP contribution is 2.22. The number of nitrogens with zero attached hydrogens (tertiary/aromatic N) is 2. The van der Waals surface area contributed by atoms with E-state index < -0.39 is 0 Å². The first kappa shape index (κ1) is 15.7. The highest BCUT2D eigenvalue weighted by atomic mass is 35.5. The maximum absolute atomic E-state index is 6.02. The van der Waals surface area contributed by atoms with E-state index in [2.05, 4.69) is 16.5 Å². The van der Waals surface area contributed by atoms with Crippen LogP contribution in [0.2, 0.25) is 5.02 Å². The average Bonchev–Trinajstić information content (AvgIpc) is 2.79. The standard InChI is InChI=1S/C16H22Cl2N2/c1-2-3-4-5-6-7-10-20-15-9-8-13(18)11-14(15)19-16(20)12-17/h8-9,11H,2-7,10,12H2,1H3. The van der Waals surface area contributed by atoms with Gasteiger partial charge in [0.05, 0.1) is 16.9 Å². The minimum absolute atomic E-state index is 0.447. The van der Waals surface area contributed by atoms with E-state index in [4.69, 9.17) is 23.2 Å². The maximum Gasteiger partial charge on any atom is 0.124 e. The smallest absolute Gasteiger partial charge is 0.124 e. The first-order valence-electron chi connectivity index (χ1n) is 7.47. The van der Waals surface area contributed by atoms with Crippen molar-refractivity contribution >= 4 is 34.2 Å². The second kappa shape index (κ2) is 7.90. The lowest BCUT2D eigenvalue weighted by Gasteiger charge is -2.07. The second-order valence-corrected chi connectivity index (χ2v) is 5.92. The molecule has 1 heterocycles. The lowest BCUT2D eigenvalue weighted by Crippen LogP contribution is -2.02. The van der Waals surface area contributed by atoms with E-state index >= 15 is 0 Å². The second-order valence-electron chi connectivity index (χ2n) is 5.21. The van der Waals surface area contributed by atoms with Gasteiger partial charge in [0.15, 0.2) is 0 Å². The quantitative estimate of drug-likeness (QED) is 0.445. The molecule has 0 atom stereocenters. The highest BCUT2D eigenvalue weighted by molar-refractivity contribution is 6.31. The van der Waals surface area contributed by atoms with Crippen LogP contribution in [0, 0.1) is 0 Å². The van der Waals surface area contributed by atoms with Gasteiger partial charge in [-0.15, -0.1) is 11.6 Å². The van der Waals surface area contributed by atoms with Crippen LogP contribution in [0.4, 0.5) is 0 Å². The largest absolute Gasteiger partial charge is 0.327 e. The summed E-state index contributed by atoms with van der Waals surface area (Å²) in [4.78, 5) is 4.57. The number of alkyl halides is 1. The molecule has 20 heavy (non-hydrogen) atoms. The van der Waals surface area contributed by atoms with E-state index in [1.54, 1.807) is 0 Å². The van der Waals surface area contributed by atoms with Crippen LogP contribution in [0.5, 0.6) is 0 Å². The molecule has 0 aliphatic rings. The predicted molar refractivity (Wildman–Crippen MR) is 87.7 cm³/mol. The molecule has 1 aromatic heterocycles. The van der Waals surface area contributed by atoms with Gasteiger partial charge in [0.25, 0.3) is 0 Å². The van der Waals surface area contributed by atoms with Gasteiger partial charge in [-0.3, -0.25) is 0 Å². The molecule has 0 amide bonds. The van der Waals surface area contributed by atoms with Crippen molar-refractivity contribution in [2.24, 2.45) is 0 Å². The molecule has 1 aromatic carbocycles. The summed E-state index contributed by atoms with van der Waals surface area (Å²) in [6.45, 7) is 3.24. The molecule has 0 saturated heterocycles. The Morgan fingerprint density at radius 2 is 1.85 bits per heavy atom. The topological polar surface area (TPSA) is 17.8 Å². The molecule has 0 spiro atoms. The molecule has 0 unspecified atom stereocenters. The number of imidazole rings is 1. The number of hydrogen-bond donors (Lipinski definition) is 0. The van der Waals surface area contributed by atoms with E-state index in [0.29, 0.717) is 5.88 Å². The van der Waals surface area contributed by atoms with Crippen LogP contribution in [0.1, 0.15) is 51.3 Å². The molecule has 0 bridgehead atoms. The Morgan fingerprint density at radius 1 is 1.10 bits per heavy atom. The molecule has 110 valence electrons. The number of hydrogen-bond acceptors (Lipinski definition) is 1. The summed E-state index contributed by atoms with van der Waals surface area (Å²) < 4.78 is 2.23. The summed E-state index contributed by atoms with van der Waals surface area (Å²) in [5, 5.41) is 0.725. The van der Waals surface area contributed by atoms with Crippen molar-refractivity contribution in [3.8, 4) is 0 Å². The van der Waals surface area contributed by atoms with Gasteiger partial charge in [0, 0.05) is 11.6 Å². The number of halogens is 2. The Morgan fingerprint density at radius 3 is 2.60 bits per heavy atom. The lowest BCUT2D eigenvalue weighted by molar-refractivity contribution is 0.557. The highest BCUT2D eigenvalue weighted by Gasteiger charge is 2.09. The Hall–Kier alpha value is -0.730. The third-order valence-corrected chi connectivity index (χ3v) is 4.12. The zero-order chi connectivity index (χ0) is 14.4. The molecule has 0 saturated carbocycles. The fraction of sp³-hybridized carbons (Fsp3) is 0.562. The normalized spacial score (nSPS) is 11.3. The van der Waals surface area contributed by atoms with Gasteiger partial charge < -0.3 is 4.57 Å². The lowest BCUT2D eigenvalue weighted by atomic mass is 10.1. The molecule has 2 aromatic rings. The van der Waals surface area contributed by atoms with Crippen molar-refractivity contribution in [1.82, 2.24) is 9.55 Å². The Bertz CT molecular complexity index is 549. The monoisotopic (exact) mass is 312 g/mol. The van der Waals surface area contributed by atoms with Gasteiger partial charge >= 0.3 is 0 Å². The summed E-state index contributed by atoms with van der Waals surface area (Å²) in [5.74, 6) is 1.39. The molecule has 0 aliphatic carbocycles. The van der Waals surface area contributed by atoms with Crippen molar-refractivity contribution in [3.63, 3.8) is 0 Å². The summed E-state index contributed by atoms with van der Waals surface area (Å²) in [6.07, 6.45) is 7.76. The van der Waals surface area contributed by atoms with Gasteiger partial charge in [0.1, 0.15) is 5.82 Å². The number of fused-ring (bicyclic) bond motifs is 1. The Balaban J connectivity index is 2.01. The van der Waals surface area contributed by atoms with Gasteiger partial charge in [-0.2, -0.15) is 0 Å². The van der Waals surface area contributed by atoms with E-state index in [0.717, 1.165) is 28.4 Å². The number of rotatable bonds is 8. The SMILES string of the molecule is CCCCCCCCn1c(CCl)nc2cc(Cl)ccc21. The minimum Gasteiger partial charge on any atom is -0.327 e. The molecule has 4 heteroatoms. The van der Waals surface area contributed by atoms with E-state index in [-0.39, 0.29) is 0 Å². The molecule has 0 radical (unpaired) electrons. The molecule has 2 nitrogen and oxygen atoms in total. The van der Waals surface area contributed by atoms with Crippen LogP contribution in [0.3, 0.4) is 0 Å². The first-order chi connectivity index (χ1) is 9.76. The van der Waals surface area contributed by atoms with Crippen molar-refractivity contribution in [2.45, 2.75) is 57.9 Å². The summed E-state index contributed by atoms with van der Waals surface area (Å²) in [6, 6.07) is 5.86. The van der Waals surface area contributed by atoms with Crippen LogP contribution < -0.4 is 0 Å². The van der Waals surface area contributed by atoms with Crippen molar-refractivity contribution in [2.75, 3.05) is 0 Å². The van der Waals surface area contributed by atoms with E-state index in [9.17, 15) is 0 Å². The number of unbranched alkanes of at least 4 members (excludes halogenated alkanes) is 5. The van der Waals surface area contributed by atoms with Crippen LogP contribution in [0.25, 0.3) is 11.0 Å². The van der Waals surface area contributed by atoms with Crippen molar-refractivity contribution in [3.05, 3.63) is 29.0 Å². The Kier molecular flexibility index (Phi) is 6.18. The third-order valence-electron chi connectivity index (χ3n) is 3.64. The van der Waals surface area contributed by atoms with Crippen LogP contribution in [-0.2, 0) is 12.4 Å². The minimum atomic E-state index is 0.447. The number of aryl methyl sites for hydroxylation is 1. The summed E-state index contributed by atoms with van der Waals surface area (Å²) in [5.41, 5.74) is 2.08. The summed E-state index contributed by atoms with van der Waals surface area (Å²) in [7, 11) is 0. The van der Waals surface area contributed by atoms with Crippen LogP contribution >= 0.6 is 23.2 Å². The predicted octanol–water partition coefficient (Wildman–Crippen LogP) is 5.79. The zero-order valence-corrected chi connectivity index (χ0v) is 13.6. The third kappa shape index (κ3) is 3.89. The van der Waals surface area contributed by atoms with E-state index in [1.807, 2.05) is 18.2 Å². The molecule has 2 rings (SSSR count). The maximum atomic E-state index is 6.02. The number of aromatic nitrogens is 2.